The van der Waals surface area contributed by atoms with Crippen molar-refractivity contribution in [3.05, 3.63) is 35.0 Å². The fraction of sp³-hybridized carbons (Fsp3) is 0.250. The monoisotopic (exact) mass is 152 g/mol. The fourth-order valence-electron chi connectivity index (χ4n) is 0.827. The molecule has 0 fully saturated rings. The van der Waals surface area contributed by atoms with Gasteiger partial charge in [-0.2, -0.15) is 0 Å². The molecule has 0 saturated heterocycles. The number of benzene rings is 1. The third kappa shape index (κ3) is 2.22. The van der Waals surface area contributed by atoms with Gasteiger partial charge in [0.2, 0.25) is 0 Å². The normalized spacial score (nSPS) is 9.64. The highest BCUT2D eigenvalue weighted by Gasteiger charge is 1.89. The maximum Gasteiger partial charge on any atom is 0.118 e. The summed E-state index contributed by atoms with van der Waals surface area (Å²) in [6.07, 6.45) is 0. The Labute approximate surface area is 65.6 Å². The van der Waals surface area contributed by atoms with Crippen molar-refractivity contribution < 1.29 is 4.74 Å². The van der Waals surface area contributed by atoms with Gasteiger partial charge in [0.1, 0.15) is 5.75 Å². The molecule has 0 amide bonds. The van der Waals surface area contributed by atoms with Crippen LogP contribution < -0.4 is 10.2 Å². The molecule has 0 aliphatic heterocycles. The summed E-state index contributed by atoms with van der Waals surface area (Å²) in [4.78, 5) is 0. The van der Waals surface area contributed by atoms with Gasteiger partial charge in [-0.15, -0.1) is 0 Å². The Morgan fingerprint density at radius 3 is 2.45 bits per heavy atom. The van der Waals surface area contributed by atoms with E-state index in [0.717, 1.165) is 11.3 Å². The lowest BCUT2D eigenvalue weighted by Crippen LogP contribution is -2.01. The summed E-state index contributed by atoms with van der Waals surface area (Å²) in [6, 6.07) is 7.35. The van der Waals surface area contributed by atoms with Crippen molar-refractivity contribution in [3.8, 4) is 5.75 Å². The molecule has 60 valence electrons. The highest BCUT2D eigenvalue weighted by molar-refractivity contribution is 5.26. The van der Waals surface area contributed by atoms with Crippen molar-refractivity contribution in [2.45, 2.75) is 6.54 Å². The molecule has 0 saturated carbocycles. The van der Waals surface area contributed by atoms with Crippen molar-refractivity contribution in [3.63, 3.8) is 0 Å². The number of rotatable bonds is 3. The highest BCUT2D eigenvalue weighted by atomic mass is 16.5. The van der Waals surface area contributed by atoms with Crippen LogP contribution >= 0.6 is 0 Å². The molecule has 11 heavy (non-hydrogen) atoms. The molecule has 1 N–H and O–H groups in total. The molecule has 1 aromatic carbocycles. The predicted octanol–water partition coefficient (Wildman–Crippen LogP) is 1.28. The summed E-state index contributed by atoms with van der Waals surface area (Å²) in [5, 5.41) is 9.97. The number of hydroxylamine groups is 1. The average Bonchev–Trinajstić information content (AvgIpc) is 2.07. The van der Waals surface area contributed by atoms with Gasteiger partial charge in [0.25, 0.3) is 0 Å². The number of methoxy groups -OCH3 is 1. The first-order valence-corrected chi connectivity index (χ1v) is 3.34. The number of nitrogens with one attached hydrogen (secondary N) is 1. The summed E-state index contributed by atoms with van der Waals surface area (Å²) >= 11 is 0. The minimum atomic E-state index is 0.351. The van der Waals surface area contributed by atoms with Crippen molar-refractivity contribution >= 4 is 0 Å². The van der Waals surface area contributed by atoms with E-state index in [2.05, 4.69) is 0 Å². The molecule has 0 bridgehead atoms. The minimum Gasteiger partial charge on any atom is -0.788 e. The van der Waals surface area contributed by atoms with Gasteiger partial charge in [0.05, 0.1) is 7.11 Å². The van der Waals surface area contributed by atoms with Gasteiger partial charge < -0.3 is 15.4 Å². The Balaban J connectivity index is 2.66. The zero-order valence-electron chi connectivity index (χ0n) is 6.33. The largest absolute Gasteiger partial charge is 0.788 e. The third-order valence-electron chi connectivity index (χ3n) is 1.44. The number of hydrogen-bond donors (Lipinski definition) is 1. The lowest BCUT2D eigenvalue weighted by atomic mass is 10.2. The molecule has 0 spiro atoms. The Morgan fingerprint density at radius 1 is 1.36 bits per heavy atom. The third-order valence-corrected chi connectivity index (χ3v) is 1.44. The van der Waals surface area contributed by atoms with Gasteiger partial charge in [-0.1, -0.05) is 12.1 Å². The fourth-order valence-corrected chi connectivity index (χ4v) is 0.827. The standard InChI is InChI=1S/C8H10NO2/c1-11-8-4-2-7(3-5-8)6-9-10/h2-5,9H,6H2,1H3/q-1. The van der Waals surface area contributed by atoms with Crippen LogP contribution in [0.2, 0.25) is 0 Å². The van der Waals surface area contributed by atoms with Crippen LogP contribution in [0.4, 0.5) is 0 Å². The van der Waals surface area contributed by atoms with Gasteiger partial charge >= 0.3 is 0 Å². The Kier molecular flexibility index (Phi) is 2.89. The minimum absolute atomic E-state index is 0.351. The second-order valence-corrected chi connectivity index (χ2v) is 2.17. The van der Waals surface area contributed by atoms with Crippen molar-refractivity contribution in [2.75, 3.05) is 7.11 Å². The van der Waals surface area contributed by atoms with Gasteiger partial charge in [-0.05, 0) is 17.7 Å². The molecule has 0 aromatic heterocycles. The molecule has 1 aromatic rings. The molecule has 1 rings (SSSR count). The number of ether oxygens (including phenoxy) is 1. The van der Waals surface area contributed by atoms with Gasteiger partial charge in [-0.3, -0.25) is 0 Å². The maximum atomic E-state index is 9.97. The van der Waals surface area contributed by atoms with Crippen LogP contribution in [0, 0.1) is 5.21 Å². The topological polar surface area (TPSA) is 44.3 Å². The van der Waals surface area contributed by atoms with Gasteiger partial charge in [0, 0.05) is 6.54 Å². The summed E-state index contributed by atoms with van der Waals surface area (Å²) in [5.41, 5.74) is 2.79. The van der Waals surface area contributed by atoms with Crippen molar-refractivity contribution in [1.82, 2.24) is 5.48 Å². The van der Waals surface area contributed by atoms with Crippen LogP contribution in [0.5, 0.6) is 5.75 Å². The summed E-state index contributed by atoms with van der Waals surface area (Å²) in [6.45, 7) is 0.351. The van der Waals surface area contributed by atoms with Gasteiger partial charge in [0.15, 0.2) is 0 Å². The van der Waals surface area contributed by atoms with E-state index >= 15 is 0 Å². The van der Waals surface area contributed by atoms with Crippen LogP contribution in [-0.4, -0.2) is 7.11 Å². The molecule has 0 aliphatic rings. The molecule has 0 radical (unpaired) electrons. The summed E-state index contributed by atoms with van der Waals surface area (Å²) < 4.78 is 4.95. The van der Waals surface area contributed by atoms with Crippen LogP contribution in [0.15, 0.2) is 24.3 Å². The van der Waals surface area contributed by atoms with E-state index in [9.17, 15) is 5.21 Å². The van der Waals surface area contributed by atoms with Crippen molar-refractivity contribution in [1.29, 1.82) is 0 Å². The lowest BCUT2D eigenvalue weighted by molar-refractivity contribution is 0.414. The van der Waals surface area contributed by atoms with Crippen LogP contribution in [-0.2, 0) is 6.54 Å². The van der Waals surface area contributed by atoms with E-state index in [-0.39, 0.29) is 0 Å². The van der Waals surface area contributed by atoms with Crippen LogP contribution in [0.3, 0.4) is 0 Å². The Bertz CT molecular complexity index is 208. The SMILES string of the molecule is COc1ccc(CN[O-])cc1. The van der Waals surface area contributed by atoms with Crippen molar-refractivity contribution in [2.24, 2.45) is 0 Å². The molecule has 0 heterocycles. The smallest absolute Gasteiger partial charge is 0.118 e. The summed E-state index contributed by atoms with van der Waals surface area (Å²) in [7, 11) is 1.61. The molecular weight excluding hydrogens is 142 g/mol. The summed E-state index contributed by atoms with van der Waals surface area (Å²) in [5.74, 6) is 0.805. The Hall–Kier alpha value is -1.06. The number of hydrogen-bond acceptors (Lipinski definition) is 3. The van der Waals surface area contributed by atoms with E-state index in [1.165, 1.54) is 0 Å². The molecule has 0 atom stereocenters. The van der Waals surface area contributed by atoms with Crippen LogP contribution in [0.25, 0.3) is 0 Å². The molecule has 0 aliphatic carbocycles. The zero-order valence-corrected chi connectivity index (χ0v) is 6.33. The first-order valence-electron chi connectivity index (χ1n) is 3.34. The zero-order chi connectivity index (χ0) is 8.10. The molecular formula is C8H10NO2-. The van der Waals surface area contributed by atoms with E-state index < -0.39 is 0 Å². The van der Waals surface area contributed by atoms with E-state index in [4.69, 9.17) is 4.74 Å². The maximum absolute atomic E-state index is 9.97. The average molecular weight is 152 g/mol. The van der Waals surface area contributed by atoms with E-state index in [1.807, 2.05) is 29.7 Å². The first-order chi connectivity index (χ1) is 5.36. The quantitative estimate of drug-likeness (QED) is 0.663. The van der Waals surface area contributed by atoms with E-state index in [0.29, 0.717) is 6.54 Å². The van der Waals surface area contributed by atoms with Crippen LogP contribution in [0.1, 0.15) is 5.56 Å². The first kappa shape index (κ1) is 8.04. The molecule has 3 nitrogen and oxygen atoms in total. The van der Waals surface area contributed by atoms with Gasteiger partial charge in [-0.25, -0.2) is 0 Å². The molecule has 3 heteroatoms. The van der Waals surface area contributed by atoms with E-state index in [1.54, 1.807) is 7.11 Å². The second-order valence-electron chi connectivity index (χ2n) is 2.17. The highest BCUT2D eigenvalue weighted by Crippen LogP contribution is 2.10. The second kappa shape index (κ2) is 3.95. The predicted molar refractivity (Wildman–Crippen MR) is 43.2 cm³/mol. The molecule has 0 unspecified atom stereocenters. The Morgan fingerprint density at radius 2 is 2.00 bits per heavy atom. The lowest BCUT2D eigenvalue weighted by Gasteiger charge is -2.07.